The van der Waals surface area contributed by atoms with Crippen LogP contribution in [0.25, 0.3) is 11.3 Å². The Morgan fingerprint density at radius 1 is 1.08 bits per heavy atom. The van der Waals surface area contributed by atoms with Crippen LogP contribution in [0.1, 0.15) is 30.0 Å². The minimum absolute atomic E-state index is 0.158. The number of pyridine rings is 1. The Morgan fingerprint density at radius 3 is 2.62 bits per heavy atom. The van der Waals surface area contributed by atoms with Crippen molar-refractivity contribution in [1.29, 1.82) is 0 Å². The zero-order chi connectivity index (χ0) is 25.9. The van der Waals surface area contributed by atoms with Gasteiger partial charge in [-0.25, -0.2) is 4.39 Å². The van der Waals surface area contributed by atoms with E-state index in [0.29, 0.717) is 38.9 Å². The fourth-order valence-corrected chi connectivity index (χ4v) is 4.88. The normalized spacial score (nSPS) is 17.1. The number of halogens is 3. The van der Waals surface area contributed by atoms with E-state index in [1.54, 1.807) is 18.3 Å². The minimum atomic E-state index is -0.367. The van der Waals surface area contributed by atoms with Crippen LogP contribution in [-0.4, -0.2) is 27.4 Å². The molecule has 37 heavy (non-hydrogen) atoms. The van der Waals surface area contributed by atoms with Gasteiger partial charge in [-0.2, -0.15) is 0 Å². The number of nitrogens with zero attached hydrogens (tertiary/aromatic N) is 2. The molecule has 2 N–H and O–H groups in total. The average molecular weight is 555 g/mol. The quantitative estimate of drug-likeness (QED) is 0.245. The van der Waals surface area contributed by atoms with Gasteiger partial charge in [0.25, 0.3) is 0 Å². The molecule has 5 rings (SSSR count). The number of carbonyl (C=O) groups is 1. The molecule has 2 aromatic heterocycles. The summed E-state index contributed by atoms with van der Waals surface area (Å²) in [5.74, 6) is 0.696. The SMILES string of the molecule is O=C(CCN1C(=S)N[C@@H](c2ccccn2)[C@@H]1c1ccc(-c2ccc(Cl)c(Cl)c2)o1)Nc1ccc(F)cc1. The molecule has 1 aliphatic heterocycles. The Labute approximate surface area is 228 Å². The van der Waals surface area contributed by atoms with E-state index in [4.69, 9.17) is 39.8 Å². The summed E-state index contributed by atoms with van der Waals surface area (Å²) in [6.07, 6.45) is 1.88. The van der Waals surface area contributed by atoms with Crippen LogP contribution in [0.15, 0.2) is 83.4 Å². The van der Waals surface area contributed by atoms with E-state index in [0.717, 1.165) is 11.3 Å². The number of nitrogens with one attached hydrogen (secondary N) is 2. The molecule has 1 fully saturated rings. The van der Waals surface area contributed by atoms with Crippen molar-refractivity contribution < 1.29 is 13.6 Å². The summed E-state index contributed by atoms with van der Waals surface area (Å²) in [4.78, 5) is 19.1. The van der Waals surface area contributed by atoms with E-state index in [1.165, 1.54) is 24.3 Å². The Balaban J connectivity index is 1.40. The Kier molecular flexibility index (Phi) is 7.41. The van der Waals surface area contributed by atoms with Gasteiger partial charge in [-0.05, 0) is 78.9 Å². The molecule has 4 aromatic rings. The summed E-state index contributed by atoms with van der Waals surface area (Å²) < 4.78 is 19.5. The van der Waals surface area contributed by atoms with Crippen molar-refractivity contribution in [3.05, 3.63) is 106 Å². The first-order valence-corrected chi connectivity index (χ1v) is 12.6. The lowest BCUT2D eigenvalue weighted by atomic mass is 10.0. The highest BCUT2D eigenvalue weighted by Gasteiger charge is 2.41. The lowest BCUT2D eigenvalue weighted by Gasteiger charge is -2.25. The van der Waals surface area contributed by atoms with Crippen LogP contribution in [0.4, 0.5) is 10.1 Å². The van der Waals surface area contributed by atoms with Crippen molar-refractivity contribution in [3.63, 3.8) is 0 Å². The summed E-state index contributed by atoms with van der Waals surface area (Å²) in [6.45, 7) is 0.329. The van der Waals surface area contributed by atoms with E-state index in [2.05, 4.69) is 15.6 Å². The summed E-state index contributed by atoms with van der Waals surface area (Å²) in [7, 11) is 0. The molecule has 2 aromatic carbocycles. The van der Waals surface area contributed by atoms with Crippen LogP contribution in [0.5, 0.6) is 0 Å². The lowest BCUT2D eigenvalue weighted by Crippen LogP contribution is -2.32. The molecule has 0 saturated carbocycles. The van der Waals surface area contributed by atoms with Crippen molar-refractivity contribution >= 4 is 52.1 Å². The molecular weight excluding hydrogens is 534 g/mol. The Morgan fingerprint density at radius 2 is 1.89 bits per heavy atom. The third kappa shape index (κ3) is 5.61. The van der Waals surface area contributed by atoms with Crippen LogP contribution in [0, 0.1) is 5.82 Å². The van der Waals surface area contributed by atoms with Gasteiger partial charge < -0.3 is 20.0 Å². The van der Waals surface area contributed by atoms with Crippen molar-refractivity contribution in [2.45, 2.75) is 18.5 Å². The van der Waals surface area contributed by atoms with E-state index in [9.17, 15) is 9.18 Å². The standard InChI is InChI=1S/C27H21Cl2FN4O2S/c28-19-9-4-16(15-20(19)29)22-10-11-23(36-22)26-25(21-3-1-2-13-31-21)33-27(37)34(26)14-12-24(35)32-18-7-5-17(30)6-8-18/h1-11,13,15,25-26H,12,14H2,(H,32,35)(H,33,37)/t25-,26-/m0/s1. The molecule has 0 bridgehead atoms. The van der Waals surface area contributed by atoms with Gasteiger partial charge in [0, 0.05) is 30.4 Å². The highest BCUT2D eigenvalue weighted by atomic mass is 35.5. The fraction of sp³-hybridized carbons (Fsp3) is 0.148. The summed E-state index contributed by atoms with van der Waals surface area (Å²) in [5, 5.41) is 7.50. The molecule has 0 aliphatic carbocycles. The molecule has 1 saturated heterocycles. The number of hydrogen-bond donors (Lipinski definition) is 2. The maximum absolute atomic E-state index is 13.2. The van der Waals surface area contributed by atoms with Crippen molar-refractivity contribution in [3.8, 4) is 11.3 Å². The monoisotopic (exact) mass is 554 g/mol. The molecule has 10 heteroatoms. The van der Waals surface area contributed by atoms with Crippen LogP contribution >= 0.6 is 35.4 Å². The van der Waals surface area contributed by atoms with Crippen LogP contribution < -0.4 is 10.6 Å². The van der Waals surface area contributed by atoms with E-state index >= 15 is 0 Å². The van der Waals surface area contributed by atoms with Crippen molar-refractivity contribution in [1.82, 2.24) is 15.2 Å². The van der Waals surface area contributed by atoms with Gasteiger partial charge >= 0.3 is 0 Å². The van der Waals surface area contributed by atoms with Crippen LogP contribution in [0.2, 0.25) is 10.0 Å². The molecular formula is C27H21Cl2FN4O2S. The van der Waals surface area contributed by atoms with Crippen LogP contribution in [-0.2, 0) is 4.79 Å². The number of amides is 1. The number of hydrogen-bond acceptors (Lipinski definition) is 4. The zero-order valence-corrected chi connectivity index (χ0v) is 21.7. The Bertz CT molecular complexity index is 1430. The summed E-state index contributed by atoms with van der Waals surface area (Å²) >= 11 is 17.9. The second-order valence-corrected chi connectivity index (χ2v) is 9.66. The predicted octanol–water partition coefficient (Wildman–Crippen LogP) is 6.79. The number of carbonyl (C=O) groups excluding carboxylic acids is 1. The first-order chi connectivity index (χ1) is 17.9. The average Bonchev–Trinajstić information content (AvgIpc) is 3.51. The smallest absolute Gasteiger partial charge is 0.226 e. The number of rotatable bonds is 7. The summed E-state index contributed by atoms with van der Waals surface area (Å²) in [5.41, 5.74) is 2.10. The van der Waals surface area contributed by atoms with E-state index in [-0.39, 0.29) is 30.2 Å². The van der Waals surface area contributed by atoms with Gasteiger partial charge in [-0.3, -0.25) is 9.78 Å². The van der Waals surface area contributed by atoms with Crippen molar-refractivity contribution in [2.75, 3.05) is 11.9 Å². The van der Waals surface area contributed by atoms with Crippen LogP contribution in [0.3, 0.4) is 0 Å². The van der Waals surface area contributed by atoms with Gasteiger partial charge in [0.05, 0.1) is 21.8 Å². The zero-order valence-electron chi connectivity index (χ0n) is 19.3. The van der Waals surface area contributed by atoms with Gasteiger partial charge in [0.15, 0.2) is 5.11 Å². The fourth-order valence-electron chi connectivity index (χ4n) is 4.25. The van der Waals surface area contributed by atoms with E-state index < -0.39 is 0 Å². The third-order valence-electron chi connectivity index (χ3n) is 6.03. The van der Waals surface area contributed by atoms with E-state index in [1.807, 2.05) is 41.3 Å². The molecule has 6 nitrogen and oxygen atoms in total. The number of aromatic nitrogens is 1. The van der Waals surface area contributed by atoms with Gasteiger partial charge in [0.2, 0.25) is 5.91 Å². The minimum Gasteiger partial charge on any atom is -0.459 e. The largest absolute Gasteiger partial charge is 0.459 e. The molecule has 0 unspecified atom stereocenters. The molecule has 1 aliphatic rings. The molecule has 0 spiro atoms. The molecule has 2 atom stereocenters. The molecule has 0 radical (unpaired) electrons. The maximum atomic E-state index is 13.2. The number of thiocarbonyl (C=S) groups is 1. The lowest BCUT2D eigenvalue weighted by molar-refractivity contribution is -0.116. The predicted molar refractivity (Wildman–Crippen MR) is 146 cm³/mol. The van der Waals surface area contributed by atoms with Gasteiger partial charge in [-0.15, -0.1) is 0 Å². The summed E-state index contributed by atoms with van der Waals surface area (Å²) in [6, 6.07) is 19.7. The molecule has 3 heterocycles. The molecule has 188 valence electrons. The second kappa shape index (κ2) is 10.9. The first kappa shape index (κ1) is 25.2. The van der Waals surface area contributed by atoms with Gasteiger partial charge in [0.1, 0.15) is 23.4 Å². The first-order valence-electron chi connectivity index (χ1n) is 11.5. The highest BCUT2D eigenvalue weighted by molar-refractivity contribution is 7.80. The third-order valence-corrected chi connectivity index (χ3v) is 7.12. The highest BCUT2D eigenvalue weighted by Crippen LogP contribution is 2.41. The topological polar surface area (TPSA) is 70.4 Å². The maximum Gasteiger partial charge on any atom is 0.226 e. The second-order valence-electron chi connectivity index (χ2n) is 8.46. The molecule has 1 amide bonds. The Hall–Kier alpha value is -3.46. The number of anilines is 1. The van der Waals surface area contributed by atoms with Gasteiger partial charge in [-0.1, -0.05) is 29.3 Å². The van der Waals surface area contributed by atoms with Crippen molar-refractivity contribution in [2.24, 2.45) is 0 Å². The number of furan rings is 1. The number of benzene rings is 2.